The average molecular weight is 776 g/mol. The number of nitrogens with one attached hydrogen (secondary N) is 1. The van der Waals surface area contributed by atoms with Gasteiger partial charge < -0.3 is 20.3 Å². The highest BCUT2D eigenvalue weighted by molar-refractivity contribution is 5.77. The van der Waals surface area contributed by atoms with Crippen LogP contribution in [0.4, 0.5) is 0 Å². The Morgan fingerprint density at radius 2 is 0.982 bits per heavy atom. The molecule has 0 radical (unpaired) electrons. The Kier molecular flexibility index (Phi) is 42.2. The minimum atomic E-state index is -0.783. The smallest absolute Gasteiger partial charge is 0.306 e. The molecule has 0 spiro atoms. The fraction of sp³-hybridized carbons (Fsp3) is 0.878. The molecule has 0 aliphatic rings. The van der Waals surface area contributed by atoms with Gasteiger partial charge in [-0.3, -0.25) is 9.59 Å². The van der Waals surface area contributed by atoms with Crippen molar-refractivity contribution in [3.05, 3.63) is 24.3 Å². The molecule has 6 nitrogen and oxygen atoms in total. The Bertz CT molecular complexity index is 873. The van der Waals surface area contributed by atoms with Gasteiger partial charge >= 0.3 is 5.97 Å². The van der Waals surface area contributed by atoms with Crippen molar-refractivity contribution in [2.24, 2.45) is 0 Å². The molecule has 0 saturated carbocycles. The highest BCUT2D eigenvalue weighted by Crippen LogP contribution is 2.18. The van der Waals surface area contributed by atoms with E-state index in [4.69, 9.17) is 4.74 Å². The van der Waals surface area contributed by atoms with Crippen LogP contribution in [0.25, 0.3) is 0 Å². The second-order valence-electron chi connectivity index (χ2n) is 16.5. The molecule has 0 aromatic rings. The number of hydrogen-bond acceptors (Lipinski definition) is 5. The van der Waals surface area contributed by atoms with E-state index >= 15 is 0 Å². The van der Waals surface area contributed by atoms with Crippen LogP contribution in [0.1, 0.15) is 252 Å². The first-order chi connectivity index (χ1) is 27.0. The zero-order chi connectivity index (χ0) is 40.3. The summed E-state index contributed by atoms with van der Waals surface area (Å²) in [5, 5.41) is 23.7. The minimum absolute atomic E-state index is 0.0787. The number of aliphatic hydroxyl groups excluding tert-OH is 2. The molecule has 6 heteroatoms. The number of hydrogen-bond donors (Lipinski definition) is 3. The van der Waals surface area contributed by atoms with Crippen molar-refractivity contribution in [1.82, 2.24) is 5.32 Å². The maximum Gasteiger partial charge on any atom is 0.306 e. The van der Waals surface area contributed by atoms with Gasteiger partial charge in [-0.2, -0.15) is 0 Å². The summed E-state index contributed by atoms with van der Waals surface area (Å²) < 4.78 is 5.90. The zero-order valence-corrected chi connectivity index (χ0v) is 36.8. The van der Waals surface area contributed by atoms with Crippen LogP contribution in [0.5, 0.6) is 0 Å². The SMILES string of the molecule is CC/C=C/C/C=C/CCCCCCCCCC(=O)OC(CCCCCCCCCCC)CC(=O)NC(CO)C(O)CCCCCCCCCCCCCCC. The van der Waals surface area contributed by atoms with Crippen molar-refractivity contribution < 1.29 is 24.5 Å². The van der Waals surface area contributed by atoms with Crippen molar-refractivity contribution in [2.75, 3.05) is 6.61 Å². The number of carbonyl (C=O) groups is 2. The molecule has 0 fully saturated rings. The minimum Gasteiger partial charge on any atom is -0.462 e. The summed E-state index contributed by atoms with van der Waals surface area (Å²) in [4.78, 5) is 26.0. The molecule has 3 unspecified atom stereocenters. The molecule has 0 saturated heterocycles. The quantitative estimate of drug-likeness (QED) is 0.0326. The van der Waals surface area contributed by atoms with Crippen molar-refractivity contribution in [3.8, 4) is 0 Å². The maximum absolute atomic E-state index is 13.1. The molecule has 55 heavy (non-hydrogen) atoms. The molecule has 0 heterocycles. The first kappa shape index (κ1) is 53.3. The molecular formula is C49H93NO5. The van der Waals surface area contributed by atoms with Gasteiger partial charge in [0.2, 0.25) is 5.91 Å². The van der Waals surface area contributed by atoms with E-state index in [9.17, 15) is 19.8 Å². The predicted molar refractivity (Wildman–Crippen MR) is 236 cm³/mol. The number of amides is 1. The number of carbonyl (C=O) groups excluding carboxylic acids is 2. The van der Waals surface area contributed by atoms with Gasteiger partial charge in [0.25, 0.3) is 0 Å². The molecule has 0 aromatic carbocycles. The van der Waals surface area contributed by atoms with Crippen molar-refractivity contribution in [3.63, 3.8) is 0 Å². The van der Waals surface area contributed by atoms with Crippen LogP contribution in [0.3, 0.4) is 0 Å². The third-order valence-corrected chi connectivity index (χ3v) is 11.0. The van der Waals surface area contributed by atoms with Gasteiger partial charge in [0.15, 0.2) is 0 Å². The van der Waals surface area contributed by atoms with Crippen molar-refractivity contribution in [1.29, 1.82) is 0 Å². The molecular weight excluding hydrogens is 683 g/mol. The van der Waals surface area contributed by atoms with E-state index in [-0.39, 0.29) is 24.9 Å². The van der Waals surface area contributed by atoms with E-state index in [1.165, 1.54) is 141 Å². The van der Waals surface area contributed by atoms with Crippen LogP contribution < -0.4 is 5.32 Å². The van der Waals surface area contributed by atoms with Gasteiger partial charge in [-0.1, -0.05) is 212 Å². The first-order valence-corrected chi connectivity index (χ1v) is 24.1. The molecule has 0 aliphatic carbocycles. The van der Waals surface area contributed by atoms with Crippen molar-refractivity contribution in [2.45, 2.75) is 270 Å². The Morgan fingerprint density at radius 3 is 1.47 bits per heavy atom. The maximum atomic E-state index is 13.1. The summed E-state index contributed by atoms with van der Waals surface area (Å²) in [6.45, 7) is 6.37. The Balaban J connectivity index is 4.48. The van der Waals surface area contributed by atoms with E-state index in [0.717, 1.165) is 64.2 Å². The lowest BCUT2D eigenvalue weighted by molar-refractivity contribution is -0.151. The van der Waals surface area contributed by atoms with Crippen LogP contribution in [0, 0.1) is 0 Å². The van der Waals surface area contributed by atoms with Gasteiger partial charge in [0, 0.05) is 6.42 Å². The zero-order valence-electron chi connectivity index (χ0n) is 36.8. The average Bonchev–Trinajstić information content (AvgIpc) is 3.18. The summed E-state index contributed by atoms with van der Waals surface area (Å²) in [6.07, 6.45) is 48.1. The van der Waals surface area contributed by atoms with E-state index < -0.39 is 18.2 Å². The summed E-state index contributed by atoms with van der Waals surface area (Å²) >= 11 is 0. The van der Waals surface area contributed by atoms with Gasteiger partial charge in [-0.05, 0) is 51.4 Å². The highest BCUT2D eigenvalue weighted by atomic mass is 16.5. The number of allylic oxidation sites excluding steroid dienone is 4. The van der Waals surface area contributed by atoms with Crippen LogP contribution in [-0.4, -0.2) is 46.9 Å². The number of rotatable bonds is 43. The number of unbranched alkanes of at least 4 members (excludes halogenated alkanes) is 27. The fourth-order valence-corrected chi connectivity index (χ4v) is 7.41. The molecule has 0 aromatic heterocycles. The monoisotopic (exact) mass is 776 g/mol. The van der Waals surface area contributed by atoms with E-state index in [1.54, 1.807) is 0 Å². The third kappa shape index (κ3) is 39.0. The summed E-state index contributed by atoms with van der Waals surface area (Å²) in [7, 11) is 0. The second kappa shape index (κ2) is 43.5. The normalized spacial score (nSPS) is 13.5. The highest BCUT2D eigenvalue weighted by Gasteiger charge is 2.24. The lowest BCUT2D eigenvalue weighted by Gasteiger charge is -2.24. The van der Waals surface area contributed by atoms with Crippen LogP contribution in [0.2, 0.25) is 0 Å². The molecule has 3 atom stereocenters. The Labute approximate surface area is 341 Å². The molecule has 0 aliphatic heterocycles. The Morgan fingerprint density at radius 1 is 0.545 bits per heavy atom. The summed E-state index contributed by atoms with van der Waals surface area (Å²) in [5.74, 6) is -0.476. The molecule has 0 rings (SSSR count). The third-order valence-electron chi connectivity index (χ3n) is 11.0. The number of esters is 1. The topological polar surface area (TPSA) is 95.9 Å². The fourth-order valence-electron chi connectivity index (χ4n) is 7.41. The molecule has 3 N–H and O–H groups in total. The second-order valence-corrected chi connectivity index (χ2v) is 16.5. The van der Waals surface area contributed by atoms with Gasteiger partial charge in [0.1, 0.15) is 6.10 Å². The molecule has 0 bridgehead atoms. The van der Waals surface area contributed by atoms with Gasteiger partial charge in [-0.15, -0.1) is 0 Å². The molecule has 324 valence electrons. The van der Waals surface area contributed by atoms with Gasteiger partial charge in [0.05, 0.1) is 25.2 Å². The van der Waals surface area contributed by atoms with Crippen LogP contribution in [-0.2, 0) is 14.3 Å². The summed E-state index contributed by atoms with van der Waals surface area (Å²) in [6, 6.07) is -0.696. The van der Waals surface area contributed by atoms with Crippen LogP contribution in [0.15, 0.2) is 24.3 Å². The number of ether oxygens (including phenoxy) is 1. The standard InChI is InChI=1S/C49H93NO5/c1-4-7-10-13-16-19-21-23-25-27-30-33-36-39-42-49(54)55-45(40-37-34-31-28-18-15-12-9-6-3)43-48(53)50-46(44-51)47(52)41-38-35-32-29-26-24-22-20-17-14-11-8-5-2/h7,10,16,19,45-47,51-52H,4-6,8-9,11-15,17-18,20-44H2,1-3H3,(H,50,53)/b10-7+,19-16+. The predicted octanol–water partition coefficient (Wildman–Crippen LogP) is 14.0. The van der Waals surface area contributed by atoms with E-state index in [1.807, 2.05) is 0 Å². The largest absolute Gasteiger partial charge is 0.462 e. The van der Waals surface area contributed by atoms with Crippen LogP contribution >= 0.6 is 0 Å². The first-order valence-electron chi connectivity index (χ1n) is 24.1. The van der Waals surface area contributed by atoms with Crippen molar-refractivity contribution >= 4 is 11.9 Å². The molecule has 1 amide bonds. The van der Waals surface area contributed by atoms with E-state index in [2.05, 4.69) is 50.4 Å². The Hall–Kier alpha value is -1.66. The number of aliphatic hydroxyl groups is 2. The lowest BCUT2D eigenvalue weighted by Crippen LogP contribution is -2.46. The van der Waals surface area contributed by atoms with Gasteiger partial charge in [-0.25, -0.2) is 0 Å². The lowest BCUT2D eigenvalue weighted by atomic mass is 10.0. The summed E-state index contributed by atoms with van der Waals surface area (Å²) in [5.41, 5.74) is 0. The van der Waals surface area contributed by atoms with E-state index in [0.29, 0.717) is 19.3 Å².